The highest BCUT2D eigenvalue weighted by Crippen LogP contribution is 2.17. The van der Waals surface area contributed by atoms with E-state index in [0.29, 0.717) is 11.7 Å². The van der Waals surface area contributed by atoms with Crippen LogP contribution in [0.25, 0.3) is 11.4 Å². The lowest BCUT2D eigenvalue weighted by Crippen LogP contribution is -2.42. The minimum absolute atomic E-state index is 0.597. The molecular formula is C14H18N4O. The van der Waals surface area contributed by atoms with Crippen molar-refractivity contribution < 1.29 is 4.52 Å². The average Bonchev–Trinajstić information content (AvgIpc) is 2.87. The molecular weight excluding hydrogens is 240 g/mol. The number of benzene rings is 1. The zero-order chi connectivity index (χ0) is 13.1. The summed E-state index contributed by atoms with van der Waals surface area (Å²) in [5.74, 6) is 1.26. The average molecular weight is 258 g/mol. The van der Waals surface area contributed by atoms with E-state index in [1.54, 1.807) is 6.92 Å². The van der Waals surface area contributed by atoms with Gasteiger partial charge < -0.3 is 9.84 Å². The van der Waals surface area contributed by atoms with Crippen LogP contribution in [0.1, 0.15) is 11.5 Å². The third-order valence-corrected chi connectivity index (χ3v) is 3.36. The van der Waals surface area contributed by atoms with Crippen molar-refractivity contribution in [2.75, 3.05) is 26.2 Å². The van der Waals surface area contributed by atoms with Crippen LogP contribution in [-0.2, 0) is 6.54 Å². The van der Waals surface area contributed by atoms with E-state index in [-0.39, 0.29) is 0 Å². The predicted octanol–water partition coefficient (Wildman–Crippen LogP) is 1.45. The van der Waals surface area contributed by atoms with Crippen LogP contribution in [-0.4, -0.2) is 41.2 Å². The summed E-state index contributed by atoms with van der Waals surface area (Å²) in [6.07, 6.45) is 0. The van der Waals surface area contributed by atoms with Crippen LogP contribution in [0.5, 0.6) is 0 Å². The van der Waals surface area contributed by atoms with Gasteiger partial charge in [-0.1, -0.05) is 29.4 Å². The molecule has 19 heavy (non-hydrogen) atoms. The van der Waals surface area contributed by atoms with Gasteiger partial charge in [0, 0.05) is 45.2 Å². The van der Waals surface area contributed by atoms with E-state index in [1.807, 2.05) is 0 Å². The molecule has 1 aliphatic heterocycles. The Morgan fingerprint density at radius 3 is 2.58 bits per heavy atom. The highest BCUT2D eigenvalue weighted by molar-refractivity contribution is 5.54. The first-order valence-electron chi connectivity index (χ1n) is 6.64. The van der Waals surface area contributed by atoms with Crippen molar-refractivity contribution in [3.63, 3.8) is 0 Å². The second kappa shape index (κ2) is 5.50. The molecule has 0 unspecified atom stereocenters. The second-order valence-electron chi connectivity index (χ2n) is 4.86. The Bertz CT molecular complexity index is 529. The molecule has 2 heterocycles. The van der Waals surface area contributed by atoms with Gasteiger partial charge in [0.15, 0.2) is 0 Å². The normalized spacial score (nSPS) is 16.7. The first-order valence-corrected chi connectivity index (χ1v) is 6.64. The zero-order valence-corrected chi connectivity index (χ0v) is 11.1. The summed E-state index contributed by atoms with van der Waals surface area (Å²) < 4.78 is 4.99. The van der Waals surface area contributed by atoms with Crippen molar-refractivity contribution in [3.05, 3.63) is 35.7 Å². The van der Waals surface area contributed by atoms with E-state index in [2.05, 4.69) is 44.6 Å². The Hall–Kier alpha value is -1.72. The van der Waals surface area contributed by atoms with Crippen molar-refractivity contribution in [2.24, 2.45) is 0 Å². The van der Waals surface area contributed by atoms with E-state index >= 15 is 0 Å². The summed E-state index contributed by atoms with van der Waals surface area (Å²) >= 11 is 0. The highest BCUT2D eigenvalue weighted by atomic mass is 16.5. The third kappa shape index (κ3) is 3.00. The molecule has 1 aliphatic rings. The molecule has 0 amide bonds. The quantitative estimate of drug-likeness (QED) is 0.903. The lowest BCUT2D eigenvalue weighted by Gasteiger charge is -2.27. The molecule has 1 saturated heterocycles. The summed E-state index contributed by atoms with van der Waals surface area (Å²) in [5.41, 5.74) is 2.33. The maximum Gasteiger partial charge on any atom is 0.223 e. The number of hydrogen-bond donors (Lipinski definition) is 1. The van der Waals surface area contributed by atoms with Gasteiger partial charge in [-0.05, 0) is 5.56 Å². The summed E-state index contributed by atoms with van der Waals surface area (Å²) in [5, 5.41) is 7.29. The molecule has 1 N–H and O–H groups in total. The van der Waals surface area contributed by atoms with Crippen LogP contribution < -0.4 is 5.32 Å². The van der Waals surface area contributed by atoms with Gasteiger partial charge in [-0.25, -0.2) is 0 Å². The van der Waals surface area contributed by atoms with Crippen molar-refractivity contribution >= 4 is 0 Å². The van der Waals surface area contributed by atoms with Gasteiger partial charge in [0.25, 0.3) is 0 Å². The number of piperazine rings is 1. The van der Waals surface area contributed by atoms with Gasteiger partial charge in [0.2, 0.25) is 11.7 Å². The van der Waals surface area contributed by atoms with Crippen LogP contribution in [0.2, 0.25) is 0 Å². The van der Waals surface area contributed by atoms with Crippen molar-refractivity contribution in [1.82, 2.24) is 20.4 Å². The Morgan fingerprint density at radius 2 is 1.95 bits per heavy atom. The van der Waals surface area contributed by atoms with Crippen molar-refractivity contribution in [2.45, 2.75) is 13.5 Å². The Kier molecular flexibility index (Phi) is 3.57. The SMILES string of the molecule is Cc1nc(-c2ccc(CN3CCNCC3)cc2)no1. The Labute approximate surface area is 112 Å². The van der Waals surface area contributed by atoms with Gasteiger partial charge in [-0.3, -0.25) is 4.90 Å². The fraction of sp³-hybridized carbons (Fsp3) is 0.429. The van der Waals surface area contributed by atoms with Crippen LogP contribution >= 0.6 is 0 Å². The van der Waals surface area contributed by atoms with Crippen LogP contribution in [0.4, 0.5) is 0 Å². The number of hydrogen-bond acceptors (Lipinski definition) is 5. The molecule has 0 atom stereocenters. The summed E-state index contributed by atoms with van der Waals surface area (Å²) in [4.78, 5) is 6.69. The van der Waals surface area contributed by atoms with E-state index < -0.39 is 0 Å². The molecule has 5 nitrogen and oxygen atoms in total. The maximum atomic E-state index is 4.99. The number of nitrogens with zero attached hydrogens (tertiary/aromatic N) is 3. The summed E-state index contributed by atoms with van der Waals surface area (Å²) in [6, 6.07) is 8.40. The number of rotatable bonds is 3. The van der Waals surface area contributed by atoms with Gasteiger partial charge in [0.05, 0.1) is 0 Å². The highest BCUT2D eigenvalue weighted by Gasteiger charge is 2.10. The van der Waals surface area contributed by atoms with Crippen LogP contribution in [0, 0.1) is 6.92 Å². The fourth-order valence-electron chi connectivity index (χ4n) is 2.30. The largest absolute Gasteiger partial charge is 0.339 e. The maximum absolute atomic E-state index is 4.99. The number of aromatic nitrogens is 2. The number of aryl methyl sites for hydroxylation is 1. The smallest absolute Gasteiger partial charge is 0.223 e. The fourth-order valence-corrected chi connectivity index (χ4v) is 2.30. The zero-order valence-electron chi connectivity index (χ0n) is 11.1. The minimum atomic E-state index is 0.597. The van der Waals surface area contributed by atoms with Gasteiger partial charge in [0.1, 0.15) is 0 Å². The Balaban J connectivity index is 1.68. The van der Waals surface area contributed by atoms with E-state index in [0.717, 1.165) is 38.3 Å². The monoisotopic (exact) mass is 258 g/mol. The molecule has 1 aromatic heterocycles. The lowest BCUT2D eigenvalue weighted by molar-refractivity contribution is 0.233. The van der Waals surface area contributed by atoms with Gasteiger partial charge in [-0.15, -0.1) is 0 Å². The molecule has 1 aromatic carbocycles. The van der Waals surface area contributed by atoms with E-state index in [4.69, 9.17) is 4.52 Å². The minimum Gasteiger partial charge on any atom is -0.339 e. The number of nitrogens with one attached hydrogen (secondary N) is 1. The first kappa shape index (κ1) is 12.3. The summed E-state index contributed by atoms with van der Waals surface area (Å²) in [6.45, 7) is 7.21. The lowest BCUT2D eigenvalue weighted by atomic mass is 10.1. The second-order valence-corrected chi connectivity index (χ2v) is 4.86. The summed E-state index contributed by atoms with van der Waals surface area (Å²) in [7, 11) is 0. The molecule has 0 spiro atoms. The molecule has 1 fully saturated rings. The van der Waals surface area contributed by atoms with Crippen LogP contribution in [0.15, 0.2) is 28.8 Å². The third-order valence-electron chi connectivity index (χ3n) is 3.36. The Morgan fingerprint density at radius 1 is 1.21 bits per heavy atom. The molecule has 2 aromatic rings. The van der Waals surface area contributed by atoms with E-state index in [9.17, 15) is 0 Å². The molecule has 0 radical (unpaired) electrons. The topological polar surface area (TPSA) is 54.2 Å². The van der Waals surface area contributed by atoms with Gasteiger partial charge >= 0.3 is 0 Å². The molecule has 0 aliphatic carbocycles. The molecule has 0 bridgehead atoms. The standard InChI is InChI=1S/C14H18N4O/c1-11-16-14(17-19-11)13-4-2-12(3-5-13)10-18-8-6-15-7-9-18/h2-5,15H,6-10H2,1H3. The van der Waals surface area contributed by atoms with E-state index in [1.165, 1.54) is 5.56 Å². The first-order chi connectivity index (χ1) is 9.31. The van der Waals surface area contributed by atoms with Crippen LogP contribution in [0.3, 0.4) is 0 Å². The van der Waals surface area contributed by atoms with Gasteiger partial charge in [-0.2, -0.15) is 4.98 Å². The molecule has 5 heteroatoms. The predicted molar refractivity (Wildman–Crippen MR) is 72.6 cm³/mol. The van der Waals surface area contributed by atoms with Crippen molar-refractivity contribution in [1.29, 1.82) is 0 Å². The van der Waals surface area contributed by atoms with Crippen molar-refractivity contribution in [3.8, 4) is 11.4 Å². The molecule has 100 valence electrons. The molecule has 3 rings (SSSR count). The molecule has 0 saturated carbocycles.